The van der Waals surface area contributed by atoms with Crippen molar-refractivity contribution in [2.45, 2.75) is 33.1 Å². The molecule has 0 aliphatic carbocycles. The predicted molar refractivity (Wildman–Crippen MR) is 54.6 cm³/mol. The van der Waals surface area contributed by atoms with Crippen LogP contribution in [0.2, 0.25) is 0 Å². The molecule has 0 unspecified atom stereocenters. The molecule has 0 spiro atoms. The van der Waals surface area contributed by atoms with Crippen molar-refractivity contribution in [3.8, 4) is 0 Å². The lowest BCUT2D eigenvalue weighted by atomic mass is 9.79. The van der Waals surface area contributed by atoms with Crippen LogP contribution in [-0.4, -0.2) is 13.1 Å². The highest BCUT2D eigenvalue weighted by Gasteiger charge is 2.36. The van der Waals surface area contributed by atoms with E-state index in [2.05, 4.69) is 6.58 Å². The number of carbonyl (C=O) groups is 1. The second kappa shape index (κ2) is 5.28. The van der Waals surface area contributed by atoms with Gasteiger partial charge in [0, 0.05) is 5.03 Å². The van der Waals surface area contributed by atoms with Gasteiger partial charge >= 0.3 is 5.97 Å². The topological polar surface area (TPSA) is 26.3 Å². The monoisotopic (exact) mass is 204 g/mol. The van der Waals surface area contributed by atoms with Crippen molar-refractivity contribution >= 4 is 17.6 Å². The van der Waals surface area contributed by atoms with Crippen molar-refractivity contribution in [1.82, 2.24) is 0 Å². The average molecular weight is 205 g/mol. The van der Waals surface area contributed by atoms with Crippen LogP contribution in [0.15, 0.2) is 11.6 Å². The lowest BCUT2D eigenvalue weighted by Gasteiger charge is -2.27. The van der Waals surface area contributed by atoms with Gasteiger partial charge in [0.2, 0.25) is 0 Å². The number of hydrogen-bond donors (Lipinski definition) is 0. The number of rotatable bonds is 5. The Bertz CT molecular complexity index is 195. The Morgan fingerprint density at radius 1 is 1.46 bits per heavy atom. The van der Waals surface area contributed by atoms with Gasteiger partial charge in [0.25, 0.3) is 0 Å². The summed E-state index contributed by atoms with van der Waals surface area (Å²) >= 11 is 5.72. The summed E-state index contributed by atoms with van der Waals surface area (Å²) in [7, 11) is 1.40. The first-order valence-corrected chi connectivity index (χ1v) is 4.82. The summed E-state index contributed by atoms with van der Waals surface area (Å²) < 4.78 is 4.76. The normalized spacial score (nSPS) is 11.1. The highest BCUT2D eigenvalue weighted by Crippen LogP contribution is 2.35. The molecule has 0 aliphatic rings. The average Bonchev–Trinajstić information content (AvgIpc) is 2.12. The second-order valence-electron chi connectivity index (χ2n) is 3.17. The molecule has 0 aromatic heterocycles. The summed E-state index contributed by atoms with van der Waals surface area (Å²) in [6.45, 7) is 7.53. The van der Waals surface area contributed by atoms with Crippen LogP contribution in [0.4, 0.5) is 0 Å². The maximum atomic E-state index is 11.5. The molecule has 0 saturated heterocycles. The zero-order valence-electron chi connectivity index (χ0n) is 8.52. The number of ether oxygens (including phenoxy) is 1. The Balaban J connectivity index is 4.68. The molecule has 0 saturated carbocycles. The highest BCUT2D eigenvalue weighted by molar-refractivity contribution is 6.29. The summed E-state index contributed by atoms with van der Waals surface area (Å²) in [6, 6.07) is 0. The van der Waals surface area contributed by atoms with Crippen LogP contribution in [0.3, 0.4) is 0 Å². The van der Waals surface area contributed by atoms with Crippen molar-refractivity contribution in [3.05, 3.63) is 11.6 Å². The molecule has 0 N–H and O–H groups in total. The number of halogens is 1. The van der Waals surface area contributed by atoms with Gasteiger partial charge in [0.05, 0.1) is 12.5 Å². The first-order valence-electron chi connectivity index (χ1n) is 4.44. The van der Waals surface area contributed by atoms with E-state index in [9.17, 15) is 4.79 Å². The van der Waals surface area contributed by atoms with E-state index >= 15 is 0 Å². The summed E-state index contributed by atoms with van der Waals surface area (Å²) in [5, 5.41) is 0.508. The summed E-state index contributed by atoms with van der Waals surface area (Å²) in [5.74, 6) is -0.195. The fourth-order valence-electron chi connectivity index (χ4n) is 1.44. The maximum absolute atomic E-state index is 11.5. The van der Waals surface area contributed by atoms with Crippen LogP contribution in [-0.2, 0) is 9.53 Å². The zero-order chi connectivity index (χ0) is 10.5. The van der Waals surface area contributed by atoms with Gasteiger partial charge in [0.15, 0.2) is 0 Å². The standard InChI is InChI=1S/C10H17ClO2/c1-5-10(6-2,7-8(3)11)9(12)13-4/h3,5-7H2,1-2,4H3. The minimum atomic E-state index is -0.479. The molecule has 3 heteroatoms. The summed E-state index contributed by atoms with van der Waals surface area (Å²) in [6.07, 6.45) is 1.94. The SMILES string of the molecule is C=C(Cl)CC(CC)(CC)C(=O)OC. The molecule has 0 aromatic rings. The van der Waals surface area contributed by atoms with E-state index in [0.717, 1.165) is 12.8 Å². The summed E-state index contributed by atoms with van der Waals surface area (Å²) in [5.41, 5.74) is -0.479. The van der Waals surface area contributed by atoms with Gasteiger partial charge < -0.3 is 4.74 Å². The molecule has 0 atom stereocenters. The van der Waals surface area contributed by atoms with Crippen LogP contribution < -0.4 is 0 Å². The molecule has 0 bridgehead atoms. The quantitative estimate of drug-likeness (QED) is 0.644. The van der Waals surface area contributed by atoms with Gasteiger partial charge in [-0.2, -0.15) is 0 Å². The molecule has 0 aromatic carbocycles. The van der Waals surface area contributed by atoms with Gasteiger partial charge in [0.1, 0.15) is 0 Å². The lowest BCUT2D eigenvalue weighted by Crippen LogP contribution is -2.31. The Kier molecular flexibility index (Phi) is 5.07. The Labute approximate surface area is 84.9 Å². The lowest BCUT2D eigenvalue weighted by molar-refractivity contribution is -0.153. The molecule has 2 nitrogen and oxygen atoms in total. The van der Waals surface area contributed by atoms with Gasteiger partial charge in [-0.3, -0.25) is 4.79 Å². The zero-order valence-corrected chi connectivity index (χ0v) is 9.28. The van der Waals surface area contributed by atoms with Gasteiger partial charge in [-0.25, -0.2) is 0 Å². The minimum Gasteiger partial charge on any atom is -0.469 e. The first kappa shape index (κ1) is 12.5. The van der Waals surface area contributed by atoms with Gasteiger partial charge in [-0.15, -0.1) is 0 Å². The number of carbonyl (C=O) groups excluding carboxylic acids is 1. The first-order chi connectivity index (χ1) is 6.02. The van der Waals surface area contributed by atoms with Crippen molar-refractivity contribution in [2.24, 2.45) is 5.41 Å². The molecule has 0 fully saturated rings. The van der Waals surface area contributed by atoms with Crippen LogP contribution in [0, 0.1) is 5.41 Å². The van der Waals surface area contributed by atoms with Crippen LogP contribution in [0.1, 0.15) is 33.1 Å². The second-order valence-corrected chi connectivity index (χ2v) is 3.71. The number of esters is 1. The fraction of sp³-hybridized carbons (Fsp3) is 0.700. The van der Waals surface area contributed by atoms with E-state index in [1.807, 2.05) is 13.8 Å². The van der Waals surface area contributed by atoms with E-state index in [4.69, 9.17) is 16.3 Å². The van der Waals surface area contributed by atoms with Crippen molar-refractivity contribution in [1.29, 1.82) is 0 Å². The van der Waals surface area contributed by atoms with Crippen molar-refractivity contribution in [2.75, 3.05) is 7.11 Å². The Hall–Kier alpha value is -0.500. The smallest absolute Gasteiger partial charge is 0.312 e. The van der Waals surface area contributed by atoms with Crippen molar-refractivity contribution in [3.63, 3.8) is 0 Å². The molecule has 76 valence electrons. The van der Waals surface area contributed by atoms with E-state index < -0.39 is 5.41 Å². The van der Waals surface area contributed by atoms with Crippen molar-refractivity contribution < 1.29 is 9.53 Å². The molecular formula is C10H17ClO2. The molecule has 13 heavy (non-hydrogen) atoms. The van der Waals surface area contributed by atoms with E-state index in [-0.39, 0.29) is 5.97 Å². The third kappa shape index (κ3) is 3.03. The van der Waals surface area contributed by atoms with Gasteiger partial charge in [-0.05, 0) is 19.3 Å². The highest BCUT2D eigenvalue weighted by atomic mass is 35.5. The predicted octanol–water partition coefficient (Wildman–Crippen LogP) is 3.11. The molecule has 0 aliphatic heterocycles. The van der Waals surface area contributed by atoms with E-state index in [1.165, 1.54) is 7.11 Å². The largest absolute Gasteiger partial charge is 0.469 e. The molecular weight excluding hydrogens is 188 g/mol. The molecule has 0 radical (unpaired) electrons. The van der Waals surface area contributed by atoms with Gasteiger partial charge in [-0.1, -0.05) is 32.0 Å². The Morgan fingerprint density at radius 3 is 2.15 bits per heavy atom. The maximum Gasteiger partial charge on any atom is 0.312 e. The van der Waals surface area contributed by atoms with E-state index in [0.29, 0.717) is 11.5 Å². The fourth-order valence-corrected chi connectivity index (χ4v) is 1.70. The third-order valence-electron chi connectivity index (χ3n) is 2.50. The van der Waals surface area contributed by atoms with Crippen LogP contribution in [0.5, 0.6) is 0 Å². The van der Waals surface area contributed by atoms with E-state index in [1.54, 1.807) is 0 Å². The summed E-state index contributed by atoms with van der Waals surface area (Å²) in [4.78, 5) is 11.5. The number of allylic oxidation sites excluding steroid dienone is 1. The van der Waals surface area contributed by atoms with Crippen LogP contribution in [0.25, 0.3) is 0 Å². The number of hydrogen-bond acceptors (Lipinski definition) is 2. The molecule has 0 rings (SSSR count). The minimum absolute atomic E-state index is 0.195. The third-order valence-corrected chi connectivity index (χ3v) is 2.64. The Morgan fingerprint density at radius 2 is 1.92 bits per heavy atom. The number of methoxy groups -OCH3 is 1. The van der Waals surface area contributed by atoms with Crippen LogP contribution >= 0.6 is 11.6 Å². The molecule has 0 amide bonds. The molecule has 0 heterocycles.